The molecule has 0 amide bonds. The Balaban J connectivity index is 3.02. The number of alkyl halides is 3. The average molecular weight is 175 g/mol. The van der Waals surface area contributed by atoms with Gasteiger partial charge in [0.15, 0.2) is 5.69 Å². The number of rotatable bonds is 1. The number of aromatic nitrogens is 2. The van der Waals surface area contributed by atoms with Crippen LogP contribution in [0.5, 0.6) is 0 Å². The summed E-state index contributed by atoms with van der Waals surface area (Å²) in [5.74, 6) is 0. The summed E-state index contributed by atoms with van der Waals surface area (Å²) < 4.78 is 36.0. The van der Waals surface area contributed by atoms with Crippen molar-refractivity contribution in [1.82, 2.24) is 9.97 Å². The van der Waals surface area contributed by atoms with Gasteiger partial charge in [-0.3, -0.25) is 4.98 Å². The first kappa shape index (κ1) is 8.96. The molecule has 5 heteroatoms. The first-order valence-corrected chi connectivity index (χ1v) is 3.35. The van der Waals surface area contributed by atoms with Crippen molar-refractivity contribution in [1.29, 1.82) is 0 Å². The van der Waals surface area contributed by atoms with Crippen LogP contribution in [0.2, 0.25) is 0 Å². The molecule has 0 N–H and O–H groups in total. The van der Waals surface area contributed by atoms with Crippen molar-refractivity contribution in [3.63, 3.8) is 0 Å². The molecule has 0 saturated carbocycles. The molecule has 0 atom stereocenters. The van der Waals surface area contributed by atoms with Crippen LogP contribution in [0.4, 0.5) is 13.2 Å². The van der Waals surface area contributed by atoms with Crippen molar-refractivity contribution < 1.29 is 13.2 Å². The highest BCUT2D eigenvalue weighted by atomic mass is 19.4. The zero-order valence-corrected chi connectivity index (χ0v) is 6.31. The van der Waals surface area contributed by atoms with Gasteiger partial charge in [-0.2, -0.15) is 13.2 Å². The third-order valence-corrected chi connectivity index (χ3v) is 1.26. The number of nitrogens with zero attached hydrogens (tertiary/aromatic N) is 2. The third kappa shape index (κ3) is 1.93. The molecule has 0 unspecified atom stereocenters. The van der Waals surface area contributed by atoms with Gasteiger partial charge < -0.3 is 0 Å². The normalized spacial score (nSPS) is 11.7. The standard InChI is InChI=1S/C7H6F3N2/c1-2-5-3-11-4-6(12-5)7(8,9)10/h4H,2H2,1H3. The Morgan fingerprint density at radius 3 is 2.67 bits per heavy atom. The van der Waals surface area contributed by atoms with Crippen LogP contribution in [0.3, 0.4) is 0 Å². The fourth-order valence-electron chi connectivity index (χ4n) is 0.662. The molecule has 0 aliphatic heterocycles. The van der Waals surface area contributed by atoms with Crippen LogP contribution in [-0.4, -0.2) is 9.97 Å². The van der Waals surface area contributed by atoms with Crippen LogP contribution < -0.4 is 0 Å². The van der Waals surface area contributed by atoms with Gasteiger partial charge in [-0.05, 0) is 6.42 Å². The number of aryl methyl sites for hydroxylation is 1. The van der Waals surface area contributed by atoms with E-state index in [9.17, 15) is 13.2 Å². The van der Waals surface area contributed by atoms with Crippen LogP contribution in [-0.2, 0) is 12.6 Å². The minimum atomic E-state index is -4.41. The molecule has 1 radical (unpaired) electrons. The van der Waals surface area contributed by atoms with Gasteiger partial charge in [0.25, 0.3) is 0 Å². The monoisotopic (exact) mass is 175 g/mol. The Morgan fingerprint density at radius 2 is 2.17 bits per heavy atom. The minimum absolute atomic E-state index is 0.227. The van der Waals surface area contributed by atoms with Crippen molar-refractivity contribution in [2.24, 2.45) is 0 Å². The minimum Gasteiger partial charge on any atom is -0.250 e. The molecule has 1 aromatic rings. The summed E-state index contributed by atoms with van der Waals surface area (Å²) in [5.41, 5.74) is -0.733. The SMILES string of the molecule is CCc1[c]ncc(C(F)(F)F)n1. The summed E-state index contributed by atoms with van der Waals surface area (Å²) in [7, 11) is 0. The molecule has 0 fully saturated rings. The molecule has 0 aromatic carbocycles. The molecule has 0 saturated heterocycles. The summed E-state index contributed by atoms with van der Waals surface area (Å²) in [6.45, 7) is 1.70. The Labute approximate surface area is 67.5 Å². The highest BCUT2D eigenvalue weighted by Gasteiger charge is 2.32. The Kier molecular flexibility index (Phi) is 2.30. The van der Waals surface area contributed by atoms with E-state index < -0.39 is 11.9 Å². The van der Waals surface area contributed by atoms with E-state index in [4.69, 9.17) is 0 Å². The maximum absolute atomic E-state index is 12.0. The first-order valence-electron chi connectivity index (χ1n) is 3.35. The molecular formula is C7H6F3N2. The molecule has 0 aliphatic rings. The van der Waals surface area contributed by atoms with Gasteiger partial charge in [0.2, 0.25) is 0 Å². The summed E-state index contributed by atoms with van der Waals surface area (Å²) in [5, 5.41) is 0. The predicted molar refractivity (Wildman–Crippen MR) is 35.2 cm³/mol. The topological polar surface area (TPSA) is 25.8 Å². The fourth-order valence-corrected chi connectivity index (χ4v) is 0.662. The zero-order valence-electron chi connectivity index (χ0n) is 6.31. The maximum atomic E-state index is 12.0. The molecule has 1 rings (SSSR count). The van der Waals surface area contributed by atoms with Crippen molar-refractivity contribution in [3.05, 3.63) is 23.8 Å². The second-order valence-electron chi connectivity index (χ2n) is 2.17. The lowest BCUT2D eigenvalue weighted by Crippen LogP contribution is -2.09. The average Bonchev–Trinajstić information content (AvgIpc) is 2.03. The largest absolute Gasteiger partial charge is 0.434 e. The lowest BCUT2D eigenvalue weighted by Gasteiger charge is -2.04. The van der Waals surface area contributed by atoms with Crippen molar-refractivity contribution >= 4 is 0 Å². The smallest absolute Gasteiger partial charge is 0.250 e. The molecule has 0 aliphatic carbocycles. The van der Waals surface area contributed by atoms with E-state index in [1.807, 2.05) is 0 Å². The highest BCUT2D eigenvalue weighted by Crippen LogP contribution is 2.26. The van der Waals surface area contributed by atoms with E-state index >= 15 is 0 Å². The van der Waals surface area contributed by atoms with E-state index in [2.05, 4.69) is 16.2 Å². The fraction of sp³-hybridized carbons (Fsp3) is 0.429. The molecule has 65 valence electrons. The van der Waals surface area contributed by atoms with Gasteiger partial charge in [0, 0.05) is 0 Å². The Hall–Kier alpha value is -1.13. The van der Waals surface area contributed by atoms with Crippen LogP contribution in [0, 0.1) is 6.20 Å². The highest BCUT2D eigenvalue weighted by molar-refractivity contribution is 5.04. The lowest BCUT2D eigenvalue weighted by atomic mass is 10.3. The van der Waals surface area contributed by atoms with E-state index in [1.165, 1.54) is 0 Å². The molecule has 12 heavy (non-hydrogen) atoms. The second kappa shape index (κ2) is 3.08. The molecule has 1 aromatic heterocycles. The van der Waals surface area contributed by atoms with E-state index in [1.54, 1.807) is 6.92 Å². The van der Waals surface area contributed by atoms with Crippen LogP contribution in [0.15, 0.2) is 6.20 Å². The molecule has 0 bridgehead atoms. The van der Waals surface area contributed by atoms with Crippen molar-refractivity contribution in [2.75, 3.05) is 0 Å². The summed E-state index contributed by atoms with van der Waals surface area (Å²) in [6, 6.07) is 0. The summed E-state index contributed by atoms with van der Waals surface area (Å²) in [6.07, 6.45) is -0.976. The molecule has 2 nitrogen and oxygen atoms in total. The Morgan fingerprint density at radius 1 is 1.50 bits per heavy atom. The number of hydrogen-bond acceptors (Lipinski definition) is 2. The van der Waals surface area contributed by atoms with Crippen LogP contribution >= 0.6 is 0 Å². The van der Waals surface area contributed by atoms with Gasteiger partial charge in [-0.25, -0.2) is 4.98 Å². The van der Waals surface area contributed by atoms with Crippen LogP contribution in [0.1, 0.15) is 18.3 Å². The Bertz CT molecular complexity index is 270. The molecule has 0 spiro atoms. The van der Waals surface area contributed by atoms with E-state index in [0.717, 1.165) is 0 Å². The van der Waals surface area contributed by atoms with Crippen molar-refractivity contribution in [3.8, 4) is 0 Å². The van der Waals surface area contributed by atoms with E-state index in [-0.39, 0.29) is 5.69 Å². The van der Waals surface area contributed by atoms with Crippen LogP contribution in [0.25, 0.3) is 0 Å². The first-order chi connectivity index (χ1) is 5.54. The van der Waals surface area contributed by atoms with Gasteiger partial charge >= 0.3 is 6.18 Å². The summed E-state index contributed by atoms with van der Waals surface area (Å²) in [4.78, 5) is 6.63. The van der Waals surface area contributed by atoms with E-state index in [0.29, 0.717) is 12.6 Å². The van der Waals surface area contributed by atoms with Gasteiger partial charge in [0.05, 0.1) is 11.9 Å². The lowest BCUT2D eigenvalue weighted by molar-refractivity contribution is -0.141. The number of hydrogen-bond donors (Lipinski definition) is 0. The zero-order chi connectivity index (χ0) is 9.19. The predicted octanol–water partition coefficient (Wildman–Crippen LogP) is 1.86. The summed E-state index contributed by atoms with van der Waals surface area (Å²) >= 11 is 0. The second-order valence-corrected chi connectivity index (χ2v) is 2.17. The third-order valence-electron chi connectivity index (χ3n) is 1.26. The molecular weight excluding hydrogens is 169 g/mol. The number of halogens is 3. The quantitative estimate of drug-likeness (QED) is 0.651. The maximum Gasteiger partial charge on any atom is 0.434 e. The van der Waals surface area contributed by atoms with Gasteiger partial charge in [-0.1, -0.05) is 6.92 Å². The molecule has 1 heterocycles. The van der Waals surface area contributed by atoms with Crippen molar-refractivity contribution in [2.45, 2.75) is 19.5 Å². The van der Waals surface area contributed by atoms with Gasteiger partial charge in [-0.15, -0.1) is 0 Å². The van der Waals surface area contributed by atoms with Gasteiger partial charge in [0.1, 0.15) is 6.20 Å².